The molecule has 0 atom stereocenters. The summed E-state index contributed by atoms with van der Waals surface area (Å²) in [5, 5.41) is 0. The van der Waals surface area contributed by atoms with Gasteiger partial charge in [0.05, 0.1) is 0 Å². The van der Waals surface area contributed by atoms with Gasteiger partial charge in [0.1, 0.15) is 0 Å². The smallest absolute Gasteiger partial charge is 1.00 e. The molecule has 0 saturated carbocycles. The van der Waals surface area contributed by atoms with Gasteiger partial charge in [0, 0.05) is 0 Å². The van der Waals surface area contributed by atoms with Crippen LogP contribution in [0.5, 0.6) is 0 Å². The van der Waals surface area contributed by atoms with E-state index in [0.29, 0.717) is 0 Å². The summed E-state index contributed by atoms with van der Waals surface area (Å²) in [6, 6.07) is 0. The van der Waals surface area contributed by atoms with Crippen molar-refractivity contribution in [3.05, 3.63) is 0 Å². The van der Waals surface area contributed by atoms with Crippen molar-refractivity contribution in [2.24, 2.45) is 0 Å². The van der Waals surface area contributed by atoms with Crippen molar-refractivity contribution in [1.29, 1.82) is 0 Å². The molecule has 8 heavy (non-hydrogen) atoms. The molecule has 0 amide bonds. The zero-order valence-electron chi connectivity index (χ0n) is 5.77. The van der Waals surface area contributed by atoms with Crippen molar-refractivity contribution in [2.45, 2.75) is 0 Å². The first-order valence-electron chi connectivity index (χ1n) is 2.24. The molecule has 0 aliphatic carbocycles. The minimum Gasteiger partial charge on any atom is -1.00 e. The Balaban J connectivity index is 0. The predicted molar refractivity (Wildman–Crippen MR) is 27.4 cm³/mol. The second-order valence-corrected chi connectivity index (χ2v) is 8.27. The summed E-state index contributed by atoms with van der Waals surface area (Å²) in [5.41, 5.74) is 0. The number of halogens is 1. The molecule has 2 nitrogen and oxygen atoms in total. The molecule has 0 aliphatic rings. The van der Waals surface area contributed by atoms with Crippen LogP contribution < -0.4 is 4.70 Å². The Bertz CT molecular complexity index is 43.3. The minimum absolute atomic E-state index is 0. The SMILES string of the molecule is C[N](C)[Nd+][N](C)C.[F-]. The zero-order chi connectivity index (χ0) is 5.86. The molecule has 0 aromatic heterocycles. The molecule has 0 aromatic carbocycles. The van der Waals surface area contributed by atoms with Crippen molar-refractivity contribution < 1.29 is 42.2 Å². The summed E-state index contributed by atoms with van der Waals surface area (Å²) in [7, 11) is 8.57. The Morgan fingerprint density at radius 1 is 0.875 bits per heavy atom. The van der Waals surface area contributed by atoms with Crippen LogP contribution in [-0.2, 0) is 0 Å². The maximum absolute atomic E-state index is 2.32. The third-order valence-corrected chi connectivity index (χ3v) is 2.97. The molecule has 0 fully saturated rings. The fraction of sp³-hybridized carbons (Fsp3) is 1.00. The fourth-order valence-corrected chi connectivity index (χ4v) is 2.97. The molecule has 0 aromatic rings. The summed E-state index contributed by atoms with van der Waals surface area (Å²) in [6.07, 6.45) is 0. The molecule has 4 heteroatoms. The molecule has 0 heterocycles. The number of rotatable bonds is 2. The van der Waals surface area contributed by atoms with Crippen molar-refractivity contribution in [3.8, 4) is 0 Å². The molecule has 49 valence electrons. The van der Waals surface area contributed by atoms with E-state index < -0.39 is 37.5 Å². The van der Waals surface area contributed by atoms with E-state index in [4.69, 9.17) is 0 Å². The van der Waals surface area contributed by atoms with Gasteiger partial charge in [-0.3, -0.25) is 0 Å². The maximum atomic E-state index is 2.32. The van der Waals surface area contributed by atoms with E-state index in [2.05, 4.69) is 30.2 Å². The molecular formula is C4H12FN2Nd. The first kappa shape index (κ1) is 11.9. The number of nitrogens with zero attached hydrogens (tertiary/aromatic N) is 2. The second-order valence-electron chi connectivity index (χ2n) is 1.89. The molecule has 0 unspecified atom stereocenters. The summed E-state index contributed by atoms with van der Waals surface area (Å²) < 4.78 is 4.64. The van der Waals surface area contributed by atoms with Crippen LogP contribution in [0.25, 0.3) is 0 Å². The van der Waals surface area contributed by atoms with E-state index in [-0.39, 0.29) is 4.70 Å². The molecule has 0 bridgehead atoms. The monoisotopic (exact) mass is 249 g/mol. The van der Waals surface area contributed by atoms with Gasteiger partial charge in [0.15, 0.2) is 0 Å². The van der Waals surface area contributed by atoms with Gasteiger partial charge in [-0.15, -0.1) is 0 Å². The van der Waals surface area contributed by atoms with Gasteiger partial charge < -0.3 is 4.70 Å². The van der Waals surface area contributed by atoms with E-state index in [9.17, 15) is 0 Å². The van der Waals surface area contributed by atoms with Gasteiger partial charge in [0.25, 0.3) is 0 Å². The molecule has 0 aliphatic heterocycles. The summed E-state index contributed by atoms with van der Waals surface area (Å²) in [4.78, 5) is 0. The molecule has 0 rings (SSSR count). The van der Waals surface area contributed by atoms with Gasteiger partial charge in [0.2, 0.25) is 0 Å². The molecule has 0 N–H and O–H groups in total. The molecule has 0 saturated heterocycles. The van der Waals surface area contributed by atoms with Crippen LogP contribution in [-0.4, -0.2) is 30.2 Å². The van der Waals surface area contributed by atoms with E-state index in [1.54, 1.807) is 0 Å². The van der Waals surface area contributed by atoms with Crippen molar-refractivity contribution in [1.82, 2.24) is 1.97 Å². The van der Waals surface area contributed by atoms with Crippen molar-refractivity contribution >= 4 is 0 Å². The third-order valence-electron chi connectivity index (χ3n) is 0.400. The van der Waals surface area contributed by atoms with Gasteiger partial charge in [-0.25, -0.2) is 0 Å². The number of hydrogen-bond acceptors (Lipinski definition) is 2. The average molecular weight is 251 g/mol. The minimum atomic E-state index is -0.485. The van der Waals surface area contributed by atoms with E-state index in [1.807, 2.05) is 0 Å². The van der Waals surface area contributed by atoms with Crippen LogP contribution in [0.1, 0.15) is 0 Å². The topological polar surface area (TPSA) is 6.48 Å². The van der Waals surface area contributed by atoms with Crippen LogP contribution >= 0.6 is 0 Å². The van der Waals surface area contributed by atoms with Crippen molar-refractivity contribution in [3.63, 3.8) is 0 Å². The van der Waals surface area contributed by atoms with Crippen LogP contribution in [0.4, 0.5) is 0 Å². The Hall–Kier alpha value is 1.20. The summed E-state index contributed by atoms with van der Waals surface area (Å²) in [5.74, 6) is 0. The average Bonchev–Trinajstić information content (AvgIpc) is 1.27. The van der Waals surface area contributed by atoms with Gasteiger partial charge in [-0.2, -0.15) is 0 Å². The Kier molecular flexibility index (Phi) is 9.43. The van der Waals surface area contributed by atoms with Crippen LogP contribution in [0.2, 0.25) is 0 Å². The zero-order valence-corrected chi connectivity index (χ0v) is 8.98. The molecule has 0 spiro atoms. The Morgan fingerprint density at radius 3 is 1.12 bits per heavy atom. The van der Waals surface area contributed by atoms with E-state index in [0.717, 1.165) is 0 Å². The van der Waals surface area contributed by atoms with Crippen LogP contribution in [0, 0.1) is 37.5 Å². The molecule has 0 radical (unpaired) electrons. The third kappa shape index (κ3) is 10.2. The second kappa shape index (κ2) is 6.32. The Morgan fingerprint density at radius 2 is 1.12 bits per heavy atom. The normalized spacial score (nSPS) is 8.75. The largest absolute Gasteiger partial charge is 1.00 e. The quantitative estimate of drug-likeness (QED) is 0.517. The van der Waals surface area contributed by atoms with Gasteiger partial charge >= 0.3 is 67.6 Å². The van der Waals surface area contributed by atoms with Gasteiger partial charge in [-0.1, -0.05) is 0 Å². The fourth-order valence-electron chi connectivity index (χ4n) is 0.400. The first-order chi connectivity index (χ1) is 3.13. The molecular weight excluding hydrogens is 239 g/mol. The van der Waals surface area contributed by atoms with Gasteiger partial charge in [-0.05, 0) is 0 Å². The van der Waals surface area contributed by atoms with Crippen LogP contribution in [0.15, 0.2) is 0 Å². The van der Waals surface area contributed by atoms with E-state index >= 15 is 0 Å². The Labute approximate surface area is 71.7 Å². The first-order valence-corrected chi connectivity index (χ1v) is 5.11. The summed E-state index contributed by atoms with van der Waals surface area (Å²) >= 11 is -0.485. The maximum Gasteiger partial charge on any atom is -1.00 e. The van der Waals surface area contributed by atoms with Crippen molar-refractivity contribution in [2.75, 3.05) is 28.2 Å². The van der Waals surface area contributed by atoms with E-state index in [1.165, 1.54) is 0 Å². The predicted octanol–water partition coefficient (Wildman–Crippen LogP) is -2.97. The number of hydrogen-bond donors (Lipinski definition) is 0. The van der Waals surface area contributed by atoms with Crippen LogP contribution in [0.3, 0.4) is 0 Å². The summed E-state index contributed by atoms with van der Waals surface area (Å²) in [6.45, 7) is 0. The standard InChI is InChI=1S/2C2H6N.FH.Nd/c2*1-3-2;;/h2*1-2H3;1H;/q2*-1;;+3/p-1.